The molecule has 0 spiro atoms. The van der Waals surface area contributed by atoms with E-state index >= 15 is 0 Å². The predicted molar refractivity (Wildman–Crippen MR) is 58.5 cm³/mol. The van der Waals surface area contributed by atoms with Crippen molar-refractivity contribution in [2.45, 2.75) is 11.8 Å². The fourth-order valence-electron chi connectivity index (χ4n) is 1.33. The summed E-state index contributed by atoms with van der Waals surface area (Å²) in [5, 5.41) is 7.06. The summed E-state index contributed by atoms with van der Waals surface area (Å²) in [7, 11) is 0. The summed E-state index contributed by atoms with van der Waals surface area (Å²) in [4.78, 5) is -0.212. The summed E-state index contributed by atoms with van der Waals surface area (Å²) in [5.74, 6) is -6.03. The normalized spacial score (nSPS) is 12.8. The van der Waals surface area contributed by atoms with E-state index in [9.17, 15) is 17.6 Å². The average Bonchev–Trinajstić information content (AvgIpc) is 2.76. The fourth-order valence-corrected chi connectivity index (χ4v) is 1.54. The molecule has 3 nitrogen and oxygen atoms in total. The Morgan fingerprint density at radius 2 is 1.72 bits per heavy atom. The third kappa shape index (κ3) is 2.12. The summed E-state index contributed by atoms with van der Waals surface area (Å²) >= 11 is 3.18. The molecular weight excluding hydrogens is 318 g/mol. The van der Waals surface area contributed by atoms with Crippen molar-refractivity contribution in [1.29, 1.82) is 0 Å². The molecular formula is C10H6BrF4N3. The highest BCUT2D eigenvalue weighted by Crippen LogP contribution is 2.24. The van der Waals surface area contributed by atoms with Crippen LogP contribution in [0.5, 0.6) is 0 Å². The monoisotopic (exact) mass is 323 g/mol. The second-order valence-corrected chi connectivity index (χ2v) is 4.89. The lowest BCUT2D eigenvalue weighted by Crippen LogP contribution is -2.07. The van der Waals surface area contributed by atoms with Gasteiger partial charge in [0.15, 0.2) is 23.3 Å². The molecule has 96 valence electrons. The smallest absolute Gasteiger partial charge is 0.187 e. The molecule has 2 aromatic rings. The minimum Gasteiger partial charge on any atom is -0.214 e. The van der Waals surface area contributed by atoms with Crippen LogP contribution in [0.25, 0.3) is 5.69 Å². The first-order chi connectivity index (χ1) is 8.41. The molecule has 0 fully saturated rings. The summed E-state index contributed by atoms with van der Waals surface area (Å²) in [6, 6.07) is 0.138. The Morgan fingerprint density at radius 3 is 2.17 bits per heavy atom. The van der Waals surface area contributed by atoms with Crippen LogP contribution in [-0.4, -0.2) is 15.0 Å². The van der Waals surface area contributed by atoms with Gasteiger partial charge < -0.3 is 0 Å². The van der Waals surface area contributed by atoms with Gasteiger partial charge in [-0.15, -0.1) is 5.10 Å². The van der Waals surface area contributed by atoms with Crippen LogP contribution < -0.4 is 0 Å². The Kier molecular flexibility index (Phi) is 3.38. The van der Waals surface area contributed by atoms with E-state index in [1.807, 2.05) is 0 Å². The van der Waals surface area contributed by atoms with Gasteiger partial charge >= 0.3 is 0 Å². The van der Waals surface area contributed by atoms with Crippen molar-refractivity contribution in [2.24, 2.45) is 0 Å². The molecule has 0 radical (unpaired) electrons. The maximum Gasteiger partial charge on any atom is 0.187 e. The van der Waals surface area contributed by atoms with E-state index in [0.29, 0.717) is 10.4 Å². The number of halogens is 5. The molecule has 1 unspecified atom stereocenters. The van der Waals surface area contributed by atoms with Crippen LogP contribution in [-0.2, 0) is 0 Å². The highest BCUT2D eigenvalue weighted by atomic mass is 79.9. The van der Waals surface area contributed by atoms with Gasteiger partial charge in [0.25, 0.3) is 0 Å². The second-order valence-electron chi connectivity index (χ2n) is 3.52. The van der Waals surface area contributed by atoms with Gasteiger partial charge in [-0.05, 0) is 6.92 Å². The molecule has 0 N–H and O–H groups in total. The van der Waals surface area contributed by atoms with Crippen molar-refractivity contribution in [3.05, 3.63) is 41.2 Å². The van der Waals surface area contributed by atoms with Crippen LogP contribution >= 0.6 is 15.9 Å². The molecule has 2 rings (SSSR count). The number of hydrogen-bond acceptors (Lipinski definition) is 2. The van der Waals surface area contributed by atoms with Crippen LogP contribution in [0.3, 0.4) is 0 Å². The first-order valence-electron chi connectivity index (χ1n) is 4.81. The average molecular weight is 324 g/mol. The maximum atomic E-state index is 13.5. The minimum absolute atomic E-state index is 0.138. The SMILES string of the molecule is CC(Br)c1cn(-c2c(F)c(F)cc(F)c2F)nn1. The lowest BCUT2D eigenvalue weighted by atomic mass is 10.2. The van der Waals surface area contributed by atoms with Crippen LogP contribution in [0.15, 0.2) is 12.3 Å². The van der Waals surface area contributed by atoms with Crippen LogP contribution in [0.1, 0.15) is 17.4 Å². The van der Waals surface area contributed by atoms with Gasteiger partial charge in [0, 0.05) is 6.07 Å². The summed E-state index contributed by atoms with van der Waals surface area (Å²) in [5.41, 5.74) is -0.558. The van der Waals surface area contributed by atoms with E-state index in [4.69, 9.17) is 0 Å². The first-order valence-corrected chi connectivity index (χ1v) is 5.73. The largest absolute Gasteiger partial charge is 0.214 e. The number of rotatable bonds is 2. The topological polar surface area (TPSA) is 30.7 Å². The van der Waals surface area contributed by atoms with Crippen molar-refractivity contribution in [3.8, 4) is 5.69 Å². The molecule has 8 heteroatoms. The van der Waals surface area contributed by atoms with E-state index in [-0.39, 0.29) is 10.9 Å². The molecule has 0 amide bonds. The molecule has 1 aromatic carbocycles. The molecule has 0 saturated heterocycles. The van der Waals surface area contributed by atoms with Crippen molar-refractivity contribution in [1.82, 2.24) is 15.0 Å². The highest BCUT2D eigenvalue weighted by Gasteiger charge is 2.22. The lowest BCUT2D eigenvalue weighted by molar-refractivity contribution is 0.443. The second kappa shape index (κ2) is 4.68. The third-order valence-corrected chi connectivity index (χ3v) is 2.71. The molecule has 0 aliphatic carbocycles. The lowest BCUT2D eigenvalue weighted by Gasteiger charge is -2.05. The molecule has 1 atom stereocenters. The Hall–Kier alpha value is -1.44. The molecule has 1 heterocycles. The van der Waals surface area contributed by atoms with E-state index in [0.717, 1.165) is 0 Å². The number of aromatic nitrogens is 3. The summed E-state index contributed by atoms with van der Waals surface area (Å²) in [6.07, 6.45) is 1.18. The zero-order valence-electron chi connectivity index (χ0n) is 8.96. The number of hydrogen-bond donors (Lipinski definition) is 0. The van der Waals surface area contributed by atoms with Gasteiger partial charge in [-0.25, -0.2) is 22.2 Å². The van der Waals surface area contributed by atoms with Crippen LogP contribution in [0.2, 0.25) is 0 Å². The quantitative estimate of drug-likeness (QED) is 0.482. The number of alkyl halides is 1. The van der Waals surface area contributed by atoms with Gasteiger partial charge in [0.2, 0.25) is 0 Å². The molecule has 0 aliphatic rings. The maximum absolute atomic E-state index is 13.5. The molecule has 18 heavy (non-hydrogen) atoms. The Balaban J connectivity index is 2.62. The summed E-state index contributed by atoms with van der Waals surface area (Å²) in [6.45, 7) is 1.72. The standard InChI is InChI=1S/C10H6BrF4N3/c1-4(11)7-3-18(17-16-7)10-8(14)5(12)2-6(13)9(10)15/h2-4H,1H3. The highest BCUT2D eigenvalue weighted by molar-refractivity contribution is 9.09. The molecule has 0 bridgehead atoms. The number of benzene rings is 1. The van der Waals surface area contributed by atoms with Crippen molar-refractivity contribution >= 4 is 15.9 Å². The molecule has 0 saturated carbocycles. The van der Waals surface area contributed by atoms with E-state index < -0.39 is 29.0 Å². The Bertz CT molecular complexity index is 571. The minimum atomic E-state index is -1.52. The van der Waals surface area contributed by atoms with Gasteiger partial charge in [-0.1, -0.05) is 21.1 Å². The molecule has 1 aromatic heterocycles. The predicted octanol–water partition coefficient (Wildman–Crippen LogP) is 3.28. The first kappa shape index (κ1) is 13.0. The van der Waals surface area contributed by atoms with E-state index in [1.54, 1.807) is 6.92 Å². The Labute approximate surface area is 108 Å². The zero-order valence-corrected chi connectivity index (χ0v) is 10.5. The van der Waals surface area contributed by atoms with Gasteiger partial charge in [-0.2, -0.15) is 0 Å². The Morgan fingerprint density at radius 1 is 1.17 bits per heavy atom. The van der Waals surface area contributed by atoms with Gasteiger partial charge in [-0.3, -0.25) is 0 Å². The van der Waals surface area contributed by atoms with Crippen LogP contribution in [0.4, 0.5) is 17.6 Å². The zero-order chi connectivity index (χ0) is 13.4. The summed E-state index contributed by atoms with van der Waals surface area (Å²) < 4.78 is 53.6. The van der Waals surface area contributed by atoms with Crippen LogP contribution in [0, 0.1) is 23.3 Å². The third-order valence-electron chi connectivity index (χ3n) is 2.24. The van der Waals surface area contributed by atoms with E-state index in [2.05, 4.69) is 26.2 Å². The van der Waals surface area contributed by atoms with Gasteiger partial charge in [0.1, 0.15) is 5.69 Å². The van der Waals surface area contributed by atoms with Gasteiger partial charge in [0.05, 0.1) is 16.7 Å². The van der Waals surface area contributed by atoms with Crippen molar-refractivity contribution in [3.63, 3.8) is 0 Å². The number of nitrogens with zero attached hydrogens (tertiary/aromatic N) is 3. The van der Waals surface area contributed by atoms with E-state index in [1.165, 1.54) is 6.20 Å². The van der Waals surface area contributed by atoms with Crippen molar-refractivity contribution < 1.29 is 17.6 Å². The van der Waals surface area contributed by atoms with Crippen molar-refractivity contribution in [2.75, 3.05) is 0 Å². The molecule has 0 aliphatic heterocycles. The fraction of sp³-hybridized carbons (Fsp3) is 0.200.